The minimum absolute atomic E-state index is 0.0621. The van der Waals surface area contributed by atoms with Gasteiger partial charge in [0.25, 0.3) is 5.69 Å². The molecule has 0 saturated carbocycles. The molecule has 0 bridgehead atoms. The molecule has 0 aromatic heterocycles. The van der Waals surface area contributed by atoms with E-state index in [0.717, 1.165) is 12.8 Å². The molecule has 0 aliphatic rings. The number of nitro groups is 1. The molecule has 0 atom stereocenters. The van der Waals surface area contributed by atoms with Crippen LogP contribution in [0.4, 0.5) is 5.69 Å². The first kappa shape index (κ1) is 19.9. The van der Waals surface area contributed by atoms with Gasteiger partial charge in [0.1, 0.15) is 11.5 Å². The molecule has 0 amide bonds. The average Bonchev–Trinajstić information content (AvgIpc) is 2.63. The van der Waals surface area contributed by atoms with Crippen LogP contribution in [0.3, 0.4) is 0 Å². The van der Waals surface area contributed by atoms with Crippen molar-refractivity contribution in [2.75, 3.05) is 6.61 Å². The largest absolute Gasteiger partial charge is 0.492 e. The molecule has 0 spiro atoms. The summed E-state index contributed by atoms with van der Waals surface area (Å²) in [5.41, 5.74) is 0.293. The zero-order valence-corrected chi connectivity index (χ0v) is 16.0. The molecule has 0 heterocycles. The molecule has 2 rings (SSSR count). The van der Waals surface area contributed by atoms with Gasteiger partial charge in [-0.25, -0.2) is 4.79 Å². The Morgan fingerprint density at radius 1 is 1.12 bits per heavy atom. The predicted molar refractivity (Wildman–Crippen MR) is 102 cm³/mol. The van der Waals surface area contributed by atoms with Gasteiger partial charge in [-0.2, -0.15) is 0 Å². The second kappa shape index (κ2) is 9.91. The maximum Gasteiger partial charge on any atom is 0.343 e. The summed E-state index contributed by atoms with van der Waals surface area (Å²) in [6, 6.07) is 10.3. The van der Waals surface area contributed by atoms with Crippen molar-refractivity contribution in [2.45, 2.75) is 32.6 Å². The zero-order valence-electron chi connectivity index (χ0n) is 14.4. The number of carbonyl (C=O) groups excluding carboxylic acids is 1. The molecule has 0 radical (unpaired) electrons. The molecule has 138 valence electrons. The lowest BCUT2D eigenvalue weighted by Gasteiger charge is -2.10. The lowest BCUT2D eigenvalue weighted by Crippen LogP contribution is -2.09. The van der Waals surface area contributed by atoms with Crippen molar-refractivity contribution in [3.8, 4) is 11.5 Å². The van der Waals surface area contributed by atoms with Gasteiger partial charge in [-0.15, -0.1) is 0 Å². The first-order chi connectivity index (χ1) is 12.5. The van der Waals surface area contributed by atoms with Crippen LogP contribution < -0.4 is 9.47 Å². The number of esters is 1. The number of halogens is 1. The number of benzene rings is 2. The fourth-order valence-electron chi connectivity index (χ4n) is 2.26. The Hall–Kier alpha value is -2.41. The Kier molecular flexibility index (Phi) is 7.59. The second-order valence-electron chi connectivity index (χ2n) is 5.69. The van der Waals surface area contributed by atoms with Crippen LogP contribution >= 0.6 is 15.9 Å². The van der Waals surface area contributed by atoms with E-state index in [2.05, 4.69) is 22.9 Å². The van der Waals surface area contributed by atoms with Crippen molar-refractivity contribution < 1.29 is 19.2 Å². The lowest BCUT2D eigenvalue weighted by molar-refractivity contribution is -0.384. The number of ether oxygens (including phenoxy) is 2. The summed E-state index contributed by atoms with van der Waals surface area (Å²) in [4.78, 5) is 22.3. The predicted octanol–water partition coefficient (Wildman–Crippen LogP) is 5.54. The number of carbonyl (C=O) groups is 1. The van der Waals surface area contributed by atoms with Gasteiger partial charge in [-0.1, -0.05) is 26.2 Å². The molecule has 0 aliphatic carbocycles. The summed E-state index contributed by atoms with van der Waals surface area (Å²) in [6.45, 7) is 2.79. The number of hydrogen-bond acceptors (Lipinski definition) is 5. The highest BCUT2D eigenvalue weighted by Crippen LogP contribution is 2.27. The van der Waals surface area contributed by atoms with Gasteiger partial charge < -0.3 is 9.47 Å². The second-order valence-corrected chi connectivity index (χ2v) is 6.55. The van der Waals surface area contributed by atoms with Crippen molar-refractivity contribution >= 4 is 27.6 Å². The molecule has 6 nitrogen and oxygen atoms in total. The fourth-order valence-corrected chi connectivity index (χ4v) is 2.75. The quantitative estimate of drug-likeness (QED) is 0.174. The standard InChI is InChI=1S/C19H20BrNO5/c1-2-3-4-5-12-25-18-11-6-14(13-17(18)20)19(22)26-16-9-7-15(8-10-16)21(23)24/h6-11,13H,2-5,12H2,1H3. The number of rotatable bonds is 9. The average molecular weight is 422 g/mol. The van der Waals surface area contributed by atoms with Crippen molar-refractivity contribution in [3.63, 3.8) is 0 Å². The Bertz CT molecular complexity index is 761. The van der Waals surface area contributed by atoms with E-state index >= 15 is 0 Å². The Morgan fingerprint density at radius 2 is 1.85 bits per heavy atom. The van der Waals surface area contributed by atoms with E-state index in [1.54, 1.807) is 18.2 Å². The molecular weight excluding hydrogens is 402 g/mol. The first-order valence-electron chi connectivity index (χ1n) is 8.40. The van der Waals surface area contributed by atoms with E-state index < -0.39 is 10.9 Å². The third-order valence-corrected chi connectivity index (χ3v) is 4.30. The van der Waals surface area contributed by atoms with Gasteiger partial charge in [-0.05, 0) is 52.7 Å². The van der Waals surface area contributed by atoms with Crippen LogP contribution in [0.1, 0.15) is 43.0 Å². The van der Waals surface area contributed by atoms with E-state index in [-0.39, 0.29) is 11.4 Å². The molecule has 0 fully saturated rings. The summed E-state index contributed by atoms with van der Waals surface area (Å²) in [5, 5.41) is 10.6. The minimum atomic E-state index is -0.547. The minimum Gasteiger partial charge on any atom is -0.492 e. The van der Waals surface area contributed by atoms with Crippen LogP contribution in [0, 0.1) is 10.1 Å². The van der Waals surface area contributed by atoms with Crippen molar-refractivity contribution in [3.05, 3.63) is 62.6 Å². The maximum atomic E-state index is 12.2. The third kappa shape index (κ3) is 5.84. The third-order valence-electron chi connectivity index (χ3n) is 3.68. The van der Waals surface area contributed by atoms with Crippen LogP contribution in [0.15, 0.2) is 46.9 Å². The molecule has 2 aromatic rings. The number of hydrogen-bond donors (Lipinski definition) is 0. The van der Waals surface area contributed by atoms with Gasteiger partial charge in [0.05, 0.1) is 21.6 Å². The molecule has 26 heavy (non-hydrogen) atoms. The van der Waals surface area contributed by atoms with Gasteiger partial charge in [-0.3, -0.25) is 10.1 Å². The first-order valence-corrected chi connectivity index (χ1v) is 9.19. The molecule has 0 N–H and O–H groups in total. The molecular formula is C19H20BrNO5. The summed E-state index contributed by atoms with van der Waals surface area (Å²) < 4.78 is 11.6. The highest BCUT2D eigenvalue weighted by molar-refractivity contribution is 9.10. The molecule has 7 heteroatoms. The number of nitro benzene ring substituents is 1. The highest BCUT2D eigenvalue weighted by atomic mass is 79.9. The van der Waals surface area contributed by atoms with Crippen molar-refractivity contribution in [1.82, 2.24) is 0 Å². The van der Waals surface area contributed by atoms with Crippen LogP contribution in [-0.4, -0.2) is 17.5 Å². The monoisotopic (exact) mass is 421 g/mol. The van der Waals surface area contributed by atoms with Gasteiger partial charge in [0.15, 0.2) is 0 Å². The van der Waals surface area contributed by atoms with E-state index in [0.29, 0.717) is 22.4 Å². The van der Waals surface area contributed by atoms with Crippen LogP contribution in [0.2, 0.25) is 0 Å². The van der Waals surface area contributed by atoms with Gasteiger partial charge in [0, 0.05) is 12.1 Å². The summed E-state index contributed by atoms with van der Waals surface area (Å²) in [7, 11) is 0. The Balaban J connectivity index is 1.94. The van der Waals surface area contributed by atoms with Gasteiger partial charge >= 0.3 is 5.97 Å². The van der Waals surface area contributed by atoms with Gasteiger partial charge in [0.2, 0.25) is 0 Å². The van der Waals surface area contributed by atoms with Crippen molar-refractivity contribution in [1.29, 1.82) is 0 Å². The smallest absolute Gasteiger partial charge is 0.343 e. The summed E-state index contributed by atoms with van der Waals surface area (Å²) in [6.07, 6.45) is 4.49. The molecule has 0 aliphatic heterocycles. The normalized spacial score (nSPS) is 10.4. The summed E-state index contributed by atoms with van der Waals surface area (Å²) in [5.74, 6) is 0.371. The maximum absolute atomic E-state index is 12.2. The molecule has 0 saturated heterocycles. The van der Waals surface area contributed by atoms with E-state index in [1.165, 1.54) is 37.1 Å². The van der Waals surface area contributed by atoms with Crippen LogP contribution in [-0.2, 0) is 0 Å². The molecule has 0 unspecified atom stereocenters. The van der Waals surface area contributed by atoms with E-state index in [4.69, 9.17) is 9.47 Å². The van der Waals surface area contributed by atoms with Crippen LogP contribution in [0.25, 0.3) is 0 Å². The fraction of sp³-hybridized carbons (Fsp3) is 0.316. The number of unbranched alkanes of at least 4 members (excludes halogenated alkanes) is 3. The topological polar surface area (TPSA) is 78.7 Å². The molecule has 2 aromatic carbocycles. The number of nitrogens with zero attached hydrogens (tertiary/aromatic N) is 1. The highest BCUT2D eigenvalue weighted by Gasteiger charge is 2.13. The summed E-state index contributed by atoms with van der Waals surface area (Å²) >= 11 is 3.40. The zero-order chi connectivity index (χ0) is 18.9. The number of non-ortho nitro benzene ring substituents is 1. The SMILES string of the molecule is CCCCCCOc1ccc(C(=O)Oc2ccc([N+](=O)[O-])cc2)cc1Br. The Labute approximate surface area is 160 Å². The van der Waals surface area contributed by atoms with Crippen LogP contribution in [0.5, 0.6) is 11.5 Å². The van der Waals surface area contributed by atoms with E-state index in [1.807, 2.05) is 0 Å². The van der Waals surface area contributed by atoms with Crippen molar-refractivity contribution in [2.24, 2.45) is 0 Å². The lowest BCUT2D eigenvalue weighted by atomic mass is 10.2. The Morgan fingerprint density at radius 3 is 2.46 bits per heavy atom. The van der Waals surface area contributed by atoms with E-state index in [9.17, 15) is 14.9 Å².